The molecule has 4 saturated carbocycles. The van der Waals surface area contributed by atoms with Crippen LogP contribution in [0.1, 0.15) is 77.2 Å². The average Bonchev–Trinajstić information content (AvgIpc) is 2.69. The molecule has 3 heteroatoms. The number of likely N-dealkylation sites (tertiary alicyclic amines) is 1. The molecule has 4 aliphatic carbocycles. The molecule has 1 N–H and O–H groups in total. The maximum Gasteiger partial charge on any atom is 0.119 e. The number of aliphatic hydroxyl groups is 1. The van der Waals surface area contributed by atoms with Crippen molar-refractivity contribution >= 4 is 0 Å². The zero-order valence-electron chi connectivity index (χ0n) is 18.4. The van der Waals surface area contributed by atoms with E-state index in [9.17, 15) is 5.11 Å². The molecule has 3 nitrogen and oxygen atoms in total. The maximum atomic E-state index is 10.5. The zero-order valence-corrected chi connectivity index (χ0v) is 18.4. The normalized spacial score (nSPS) is 40.2. The second-order valence-electron chi connectivity index (χ2n) is 11.0. The van der Waals surface area contributed by atoms with Gasteiger partial charge < -0.3 is 9.84 Å². The number of β-amino-alcohol motifs (C(OH)–C–C–N with tert-alkyl or cyclic N) is 1. The standard InChI is InChI=1S/C26H39NO2/c1-18-4-3-5-19(2)27(18)16-24(28)17-29-25-8-6-23(7-9-25)26-13-20-10-21(14-26)12-22(11-20)15-26/h6-9,18-22,24,28H,3-5,10-17H2,1-2H3/t18-,19-,20?,21?,22?,24+,26?/m1/s1. The van der Waals surface area contributed by atoms with Gasteiger partial charge in [-0.05, 0) is 106 Å². The number of hydrogen-bond donors (Lipinski definition) is 1. The number of ether oxygens (including phenoxy) is 1. The van der Waals surface area contributed by atoms with Crippen molar-refractivity contribution < 1.29 is 9.84 Å². The first-order chi connectivity index (χ1) is 14.0. The Morgan fingerprint density at radius 3 is 2.07 bits per heavy atom. The number of nitrogens with zero attached hydrogens (tertiary/aromatic N) is 1. The van der Waals surface area contributed by atoms with Crippen LogP contribution in [-0.4, -0.2) is 41.3 Å². The summed E-state index contributed by atoms with van der Waals surface area (Å²) in [5.41, 5.74) is 1.99. The predicted molar refractivity (Wildman–Crippen MR) is 117 cm³/mol. The highest BCUT2D eigenvalue weighted by atomic mass is 16.5. The van der Waals surface area contributed by atoms with Crippen molar-refractivity contribution in [3.63, 3.8) is 0 Å². The van der Waals surface area contributed by atoms with Gasteiger partial charge >= 0.3 is 0 Å². The van der Waals surface area contributed by atoms with Crippen LogP contribution in [0, 0.1) is 17.8 Å². The van der Waals surface area contributed by atoms with Gasteiger partial charge in [0, 0.05) is 18.6 Å². The first kappa shape index (κ1) is 19.9. The third kappa shape index (κ3) is 3.97. The fourth-order valence-corrected chi connectivity index (χ4v) is 7.69. The van der Waals surface area contributed by atoms with Gasteiger partial charge in [0.15, 0.2) is 0 Å². The van der Waals surface area contributed by atoms with Crippen molar-refractivity contribution in [3.05, 3.63) is 29.8 Å². The monoisotopic (exact) mass is 397 g/mol. The Hall–Kier alpha value is -1.06. The van der Waals surface area contributed by atoms with E-state index in [-0.39, 0.29) is 0 Å². The third-order valence-electron chi connectivity index (χ3n) is 8.74. The number of piperidine rings is 1. The molecule has 1 aromatic rings. The van der Waals surface area contributed by atoms with Crippen LogP contribution in [0.2, 0.25) is 0 Å². The molecule has 0 amide bonds. The van der Waals surface area contributed by atoms with Gasteiger partial charge in [-0.2, -0.15) is 0 Å². The topological polar surface area (TPSA) is 32.7 Å². The summed E-state index contributed by atoms with van der Waals surface area (Å²) in [6.45, 7) is 5.67. The van der Waals surface area contributed by atoms with E-state index in [2.05, 4.69) is 43.0 Å². The Bertz CT molecular complexity index is 654. The van der Waals surface area contributed by atoms with Gasteiger partial charge in [0.25, 0.3) is 0 Å². The Morgan fingerprint density at radius 1 is 0.966 bits per heavy atom. The number of aliphatic hydroxyl groups excluding tert-OH is 1. The van der Waals surface area contributed by atoms with E-state index >= 15 is 0 Å². The van der Waals surface area contributed by atoms with Gasteiger partial charge in [-0.1, -0.05) is 18.6 Å². The molecule has 1 saturated heterocycles. The summed E-state index contributed by atoms with van der Waals surface area (Å²) in [5, 5.41) is 10.5. The van der Waals surface area contributed by atoms with Crippen LogP contribution >= 0.6 is 0 Å². The Balaban J connectivity index is 1.17. The summed E-state index contributed by atoms with van der Waals surface area (Å²) in [6.07, 6.45) is 12.1. The largest absolute Gasteiger partial charge is 0.491 e. The van der Waals surface area contributed by atoms with Crippen molar-refractivity contribution in [2.24, 2.45) is 17.8 Å². The summed E-state index contributed by atoms with van der Waals surface area (Å²) in [7, 11) is 0. The van der Waals surface area contributed by atoms with E-state index in [1.807, 2.05) is 0 Å². The summed E-state index contributed by atoms with van der Waals surface area (Å²) in [4.78, 5) is 2.45. The van der Waals surface area contributed by atoms with Gasteiger partial charge in [-0.25, -0.2) is 0 Å². The quantitative estimate of drug-likeness (QED) is 0.720. The van der Waals surface area contributed by atoms with Gasteiger partial charge in [0.1, 0.15) is 18.5 Å². The summed E-state index contributed by atoms with van der Waals surface area (Å²) < 4.78 is 5.98. The molecular formula is C26H39NO2. The zero-order chi connectivity index (χ0) is 20.0. The molecule has 0 unspecified atom stereocenters. The molecule has 0 aromatic heterocycles. The van der Waals surface area contributed by atoms with E-state index in [4.69, 9.17) is 4.74 Å². The lowest BCUT2D eigenvalue weighted by atomic mass is 9.48. The van der Waals surface area contributed by atoms with Crippen LogP contribution in [0.4, 0.5) is 0 Å². The highest BCUT2D eigenvalue weighted by molar-refractivity contribution is 5.34. The molecule has 160 valence electrons. The minimum atomic E-state index is -0.430. The molecule has 5 fully saturated rings. The van der Waals surface area contributed by atoms with E-state index < -0.39 is 6.10 Å². The van der Waals surface area contributed by atoms with Crippen LogP contribution in [0.5, 0.6) is 5.75 Å². The smallest absolute Gasteiger partial charge is 0.119 e. The SMILES string of the molecule is C[C@@H]1CCC[C@@H](C)N1C[C@H](O)COc1ccc(C23CC4CC(CC(C4)C2)C3)cc1. The van der Waals surface area contributed by atoms with Gasteiger partial charge in [-0.3, -0.25) is 4.90 Å². The van der Waals surface area contributed by atoms with Crippen molar-refractivity contribution in [3.8, 4) is 5.75 Å². The van der Waals surface area contributed by atoms with Gasteiger partial charge in [0.05, 0.1) is 0 Å². The first-order valence-corrected chi connectivity index (χ1v) is 12.2. The lowest BCUT2D eigenvalue weighted by Gasteiger charge is -2.57. The number of hydrogen-bond acceptors (Lipinski definition) is 3. The molecule has 1 aromatic carbocycles. The van der Waals surface area contributed by atoms with Crippen molar-refractivity contribution in [2.75, 3.05) is 13.2 Å². The lowest BCUT2D eigenvalue weighted by molar-refractivity contribution is -0.00524. The Labute approximate surface area is 176 Å². The van der Waals surface area contributed by atoms with Crippen LogP contribution in [0.25, 0.3) is 0 Å². The molecule has 6 rings (SSSR count). The Kier molecular flexibility index (Phi) is 5.41. The lowest BCUT2D eigenvalue weighted by Crippen LogP contribution is -2.48. The fraction of sp³-hybridized carbons (Fsp3) is 0.769. The van der Waals surface area contributed by atoms with Crippen LogP contribution in [0.3, 0.4) is 0 Å². The van der Waals surface area contributed by atoms with Gasteiger partial charge in [0.2, 0.25) is 0 Å². The van der Waals surface area contributed by atoms with E-state index in [0.29, 0.717) is 30.7 Å². The highest BCUT2D eigenvalue weighted by Crippen LogP contribution is 2.60. The minimum absolute atomic E-state index is 0.382. The minimum Gasteiger partial charge on any atom is -0.491 e. The number of rotatable bonds is 6. The van der Waals surface area contributed by atoms with Crippen LogP contribution < -0.4 is 4.74 Å². The molecule has 1 heterocycles. The van der Waals surface area contributed by atoms with E-state index in [1.54, 1.807) is 5.56 Å². The average molecular weight is 398 g/mol. The second-order valence-corrected chi connectivity index (χ2v) is 11.0. The van der Waals surface area contributed by atoms with E-state index in [0.717, 1.165) is 23.5 Å². The molecule has 1 aliphatic heterocycles. The first-order valence-electron chi connectivity index (χ1n) is 12.2. The summed E-state index contributed by atoms with van der Waals surface area (Å²) in [6, 6.07) is 10.1. The number of benzene rings is 1. The fourth-order valence-electron chi connectivity index (χ4n) is 7.69. The molecule has 0 radical (unpaired) electrons. The maximum absolute atomic E-state index is 10.5. The molecule has 29 heavy (non-hydrogen) atoms. The van der Waals surface area contributed by atoms with Gasteiger partial charge in [-0.15, -0.1) is 0 Å². The highest BCUT2D eigenvalue weighted by Gasteiger charge is 2.51. The Morgan fingerprint density at radius 2 is 1.52 bits per heavy atom. The van der Waals surface area contributed by atoms with Crippen molar-refractivity contribution in [1.82, 2.24) is 4.90 Å². The molecule has 5 aliphatic rings. The van der Waals surface area contributed by atoms with Crippen molar-refractivity contribution in [1.29, 1.82) is 0 Å². The summed E-state index contributed by atoms with van der Waals surface area (Å²) >= 11 is 0. The molecular weight excluding hydrogens is 358 g/mol. The third-order valence-corrected chi connectivity index (χ3v) is 8.74. The molecule has 0 spiro atoms. The summed E-state index contributed by atoms with van der Waals surface area (Å²) in [5.74, 6) is 3.84. The van der Waals surface area contributed by atoms with Crippen LogP contribution in [0.15, 0.2) is 24.3 Å². The molecule has 3 atom stereocenters. The van der Waals surface area contributed by atoms with Crippen molar-refractivity contribution in [2.45, 2.75) is 95.2 Å². The molecule has 4 bridgehead atoms. The van der Waals surface area contributed by atoms with E-state index in [1.165, 1.54) is 57.8 Å². The van der Waals surface area contributed by atoms with Crippen LogP contribution in [-0.2, 0) is 5.41 Å². The predicted octanol–water partition coefficient (Wildman–Crippen LogP) is 5.16. The second kappa shape index (κ2) is 7.89.